The number of piperidine rings is 1. The number of amides is 1. The molecule has 0 bridgehead atoms. The van der Waals surface area contributed by atoms with Crippen LogP contribution in [0.5, 0.6) is 0 Å². The summed E-state index contributed by atoms with van der Waals surface area (Å²) in [7, 11) is 0. The number of H-pyrrole nitrogens is 1. The van der Waals surface area contributed by atoms with Crippen LogP contribution in [0.3, 0.4) is 0 Å². The Morgan fingerprint density at radius 1 is 1.12 bits per heavy atom. The molecule has 1 spiro atoms. The normalized spacial score (nSPS) is 18.4. The van der Waals surface area contributed by atoms with Gasteiger partial charge in [0.25, 0.3) is 5.91 Å². The molecule has 2 aromatic carbocycles. The van der Waals surface area contributed by atoms with Crippen LogP contribution in [0.25, 0.3) is 10.9 Å². The van der Waals surface area contributed by atoms with Crippen molar-refractivity contribution in [2.24, 2.45) is 0 Å². The molecule has 1 amide bonds. The molecule has 0 atom stereocenters. The van der Waals surface area contributed by atoms with Gasteiger partial charge in [-0.15, -0.1) is 0 Å². The van der Waals surface area contributed by atoms with Gasteiger partial charge in [-0.3, -0.25) is 4.79 Å². The van der Waals surface area contributed by atoms with Crippen molar-refractivity contribution < 1.29 is 9.53 Å². The fraction of sp³-hybridized carbons (Fsp3) is 0.286. The fourth-order valence-corrected chi connectivity index (χ4v) is 4.64. The predicted octanol–water partition coefficient (Wildman–Crippen LogP) is 4.59. The standard InChI is InChI=1S/C21H19BrN2O2/c22-16-5-6-18-15(11-16)12-19(23-18)20(25)24-9-7-21(8-10-24)17-4-2-1-3-14(17)13-26-21/h1-6,11-12,23H,7-10,13H2. The lowest BCUT2D eigenvalue weighted by molar-refractivity contribution is -0.0742. The Morgan fingerprint density at radius 3 is 2.77 bits per heavy atom. The van der Waals surface area contributed by atoms with Gasteiger partial charge in [0.05, 0.1) is 12.2 Å². The van der Waals surface area contributed by atoms with Crippen LogP contribution in [0.15, 0.2) is 53.0 Å². The van der Waals surface area contributed by atoms with Crippen LogP contribution in [0, 0.1) is 0 Å². The molecule has 0 unspecified atom stereocenters. The summed E-state index contributed by atoms with van der Waals surface area (Å²) in [4.78, 5) is 18.1. The first kappa shape index (κ1) is 16.1. The molecule has 1 saturated heterocycles. The molecular formula is C21H19BrN2O2. The number of aromatic amines is 1. The lowest BCUT2D eigenvalue weighted by Gasteiger charge is -2.39. The van der Waals surface area contributed by atoms with Crippen molar-refractivity contribution in [2.45, 2.75) is 25.0 Å². The Labute approximate surface area is 160 Å². The number of rotatable bonds is 1. The summed E-state index contributed by atoms with van der Waals surface area (Å²) in [6.07, 6.45) is 1.70. The van der Waals surface area contributed by atoms with Crippen LogP contribution in [0.4, 0.5) is 0 Å². The van der Waals surface area contributed by atoms with Crippen LogP contribution in [0.2, 0.25) is 0 Å². The minimum Gasteiger partial charge on any atom is -0.365 e. The second-order valence-electron chi connectivity index (χ2n) is 7.15. The summed E-state index contributed by atoms with van der Waals surface area (Å²) in [6.45, 7) is 2.11. The Balaban J connectivity index is 1.36. The number of halogens is 1. The summed E-state index contributed by atoms with van der Waals surface area (Å²) < 4.78 is 7.21. The third kappa shape index (κ3) is 2.49. The second-order valence-corrected chi connectivity index (χ2v) is 8.06. The van der Waals surface area contributed by atoms with Crippen molar-refractivity contribution in [2.75, 3.05) is 13.1 Å². The highest BCUT2D eigenvalue weighted by atomic mass is 79.9. The van der Waals surface area contributed by atoms with Crippen LogP contribution >= 0.6 is 15.9 Å². The van der Waals surface area contributed by atoms with Gasteiger partial charge in [-0.1, -0.05) is 40.2 Å². The van der Waals surface area contributed by atoms with Gasteiger partial charge < -0.3 is 14.6 Å². The fourth-order valence-electron chi connectivity index (χ4n) is 4.26. The SMILES string of the molecule is O=C(c1cc2cc(Br)ccc2[nH]1)N1CCC2(CC1)OCc1ccccc12. The number of nitrogens with zero attached hydrogens (tertiary/aromatic N) is 1. The van der Waals surface area contributed by atoms with E-state index < -0.39 is 0 Å². The molecule has 2 aliphatic heterocycles. The molecule has 1 N–H and O–H groups in total. The molecule has 3 heterocycles. The molecule has 1 aromatic heterocycles. The zero-order chi connectivity index (χ0) is 17.7. The van der Waals surface area contributed by atoms with E-state index >= 15 is 0 Å². The molecule has 3 aromatic rings. The quantitative estimate of drug-likeness (QED) is 0.637. The van der Waals surface area contributed by atoms with Gasteiger partial charge in [0.2, 0.25) is 0 Å². The van der Waals surface area contributed by atoms with E-state index in [1.54, 1.807) is 0 Å². The average molecular weight is 411 g/mol. The molecule has 5 heteroatoms. The minimum absolute atomic E-state index is 0.0680. The smallest absolute Gasteiger partial charge is 0.270 e. The first-order valence-corrected chi connectivity index (χ1v) is 9.74. The Kier molecular flexibility index (Phi) is 3.69. The summed E-state index contributed by atoms with van der Waals surface area (Å²) in [6, 6.07) is 16.4. The number of hydrogen-bond acceptors (Lipinski definition) is 2. The molecule has 0 saturated carbocycles. The zero-order valence-corrected chi connectivity index (χ0v) is 15.9. The number of aromatic nitrogens is 1. The number of nitrogens with one attached hydrogen (secondary N) is 1. The van der Waals surface area contributed by atoms with Crippen LogP contribution in [0.1, 0.15) is 34.5 Å². The van der Waals surface area contributed by atoms with E-state index in [1.807, 2.05) is 29.2 Å². The Morgan fingerprint density at radius 2 is 1.92 bits per heavy atom. The summed E-state index contributed by atoms with van der Waals surface area (Å²) in [5, 5.41) is 1.05. The van der Waals surface area contributed by atoms with Crippen molar-refractivity contribution >= 4 is 32.7 Å². The predicted molar refractivity (Wildman–Crippen MR) is 104 cm³/mol. The van der Waals surface area contributed by atoms with Crippen LogP contribution in [-0.2, 0) is 16.9 Å². The van der Waals surface area contributed by atoms with E-state index in [9.17, 15) is 4.79 Å². The number of carbonyl (C=O) groups excluding carboxylic acids is 1. The van der Waals surface area contributed by atoms with Gasteiger partial charge in [-0.05, 0) is 48.2 Å². The van der Waals surface area contributed by atoms with Crippen molar-refractivity contribution in [3.8, 4) is 0 Å². The summed E-state index contributed by atoms with van der Waals surface area (Å²) in [5.41, 5.74) is 4.02. The monoisotopic (exact) mass is 410 g/mol. The topological polar surface area (TPSA) is 45.3 Å². The van der Waals surface area contributed by atoms with Gasteiger partial charge >= 0.3 is 0 Å². The van der Waals surface area contributed by atoms with E-state index in [0.717, 1.165) is 28.2 Å². The van der Waals surface area contributed by atoms with E-state index in [4.69, 9.17) is 4.74 Å². The molecule has 1 fully saturated rings. The van der Waals surface area contributed by atoms with Gasteiger partial charge in [0.1, 0.15) is 5.69 Å². The minimum atomic E-state index is -0.210. The maximum atomic E-state index is 12.9. The number of ether oxygens (including phenoxy) is 1. The molecule has 0 radical (unpaired) electrons. The van der Waals surface area contributed by atoms with Crippen molar-refractivity contribution in [3.63, 3.8) is 0 Å². The van der Waals surface area contributed by atoms with Gasteiger partial charge in [-0.2, -0.15) is 0 Å². The van der Waals surface area contributed by atoms with Crippen LogP contribution < -0.4 is 0 Å². The zero-order valence-electron chi connectivity index (χ0n) is 14.3. The number of benzene rings is 2. The second kappa shape index (κ2) is 5.96. The third-order valence-electron chi connectivity index (χ3n) is 5.68. The van der Waals surface area contributed by atoms with E-state index in [-0.39, 0.29) is 11.5 Å². The molecule has 132 valence electrons. The lowest BCUT2D eigenvalue weighted by atomic mass is 9.84. The Bertz CT molecular complexity index is 1000. The average Bonchev–Trinajstić information content (AvgIpc) is 3.24. The number of fused-ring (bicyclic) bond motifs is 3. The summed E-state index contributed by atoms with van der Waals surface area (Å²) in [5.74, 6) is 0.0680. The largest absolute Gasteiger partial charge is 0.365 e. The van der Waals surface area contributed by atoms with Crippen LogP contribution in [-0.4, -0.2) is 28.9 Å². The van der Waals surface area contributed by atoms with Gasteiger partial charge in [0, 0.05) is 28.5 Å². The lowest BCUT2D eigenvalue weighted by Crippen LogP contribution is -2.45. The number of carbonyl (C=O) groups is 1. The maximum absolute atomic E-state index is 12.9. The maximum Gasteiger partial charge on any atom is 0.270 e. The molecule has 2 aliphatic rings. The van der Waals surface area contributed by atoms with E-state index in [1.165, 1.54) is 11.1 Å². The molecule has 5 rings (SSSR count). The Hall–Kier alpha value is -2.11. The number of likely N-dealkylation sites (tertiary alicyclic amines) is 1. The first-order valence-electron chi connectivity index (χ1n) is 8.95. The molecular weight excluding hydrogens is 392 g/mol. The van der Waals surface area contributed by atoms with Crippen molar-refractivity contribution in [1.82, 2.24) is 9.88 Å². The third-order valence-corrected chi connectivity index (χ3v) is 6.18. The van der Waals surface area contributed by atoms with Crippen molar-refractivity contribution in [3.05, 3.63) is 69.8 Å². The molecule has 4 nitrogen and oxygen atoms in total. The van der Waals surface area contributed by atoms with Crippen molar-refractivity contribution in [1.29, 1.82) is 0 Å². The highest BCUT2D eigenvalue weighted by molar-refractivity contribution is 9.10. The first-order chi connectivity index (χ1) is 12.6. The van der Waals surface area contributed by atoms with Gasteiger partial charge in [-0.25, -0.2) is 0 Å². The van der Waals surface area contributed by atoms with E-state index in [2.05, 4.69) is 45.2 Å². The highest BCUT2D eigenvalue weighted by Crippen LogP contribution is 2.44. The summed E-state index contributed by atoms with van der Waals surface area (Å²) >= 11 is 3.48. The number of hydrogen-bond donors (Lipinski definition) is 1. The van der Waals surface area contributed by atoms with Gasteiger partial charge in [0.15, 0.2) is 0 Å². The van der Waals surface area contributed by atoms with E-state index in [0.29, 0.717) is 25.4 Å². The highest BCUT2D eigenvalue weighted by Gasteiger charge is 2.43. The molecule has 26 heavy (non-hydrogen) atoms. The molecule has 0 aliphatic carbocycles.